The Hall–Kier alpha value is -2.76. The molecule has 0 aliphatic carbocycles. The molecular formula is C18H17FN2O3. The molecule has 0 saturated carbocycles. The molecule has 3 aromatic rings. The van der Waals surface area contributed by atoms with Gasteiger partial charge in [-0.1, -0.05) is 20.8 Å². The maximum absolute atomic E-state index is 13.6. The molecule has 124 valence electrons. The van der Waals surface area contributed by atoms with Crippen LogP contribution in [0.5, 0.6) is 0 Å². The van der Waals surface area contributed by atoms with Crippen molar-refractivity contribution in [3.63, 3.8) is 0 Å². The Morgan fingerprint density at radius 1 is 1.21 bits per heavy atom. The lowest BCUT2D eigenvalue weighted by Crippen LogP contribution is -2.32. The van der Waals surface area contributed by atoms with Crippen molar-refractivity contribution in [1.29, 1.82) is 0 Å². The summed E-state index contributed by atoms with van der Waals surface area (Å²) in [4.78, 5) is 25.2. The molecule has 0 atom stereocenters. The third kappa shape index (κ3) is 2.64. The number of ketones is 1. The van der Waals surface area contributed by atoms with Crippen LogP contribution in [0.4, 0.5) is 4.39 Å². The van der Waals surface area contributed by atoms with Crippen molar-refractivity contribution in [2.45, 2.75) is 27.3 Å². The van der Waals surface area contributed by atoms with Crippen LogP contribution in [0.2, 0.25) is 0 Å². The minimum atomic E-state index is -0.600. The van der Waals surface area contributed by atoms with Gasteiger partial charge in [0.25, 0.3) is 5.56 Å². The van der Waals surface area contributed by atoms with Crippen LogP contribution in [0, 0.1) is 16.4 Å². The highest BCUT2D eigenvalue weighted by Gasteiger charge is 2.23. The molecule has 3 rings (SSSR count). The van der Waals surface area contributed by atoms with E-state index >= 15 is 0 Å². The van der Waals surface area contributed by atoms with Gasteiger partial charge in [-0.25, -0.2) is 4.39 Å². The van der Waals surface area contributed by atoms with Gasteiger partial charge in [-0.3, -0.25) is 14.2 Å². The summed E-state index contributed by atoms with van der Waals surface area (Å²) in [5, 5.41) is 12.7. The Kier molecular flexibility index (Phi) is 3.63. The van der Waals surface area contributed by atoms with Crippen molar-refractivity contribution in [2.24, 2.45) is 5.41 Å². The van der Waals surface area contributed by atoms with E-state index in [9.17, 15) is 19.2 Å². The van der Waals surface area contributed by atoms with Crippen LogP contribution >= 0.6 is 0 Å². The number of Topliss-reactive ketones (excluding diaryl/α,β-unsaturated/α-hetero) is 1. The summed E-state index contributed by atoms with van der Waals surface area (Å²) in [5.41, 5.74) is -0.543. The number of benzene rings is 1. The first-order valence-electron chi connectivity index (χ1n) is 7.56. The molecule has 0 saturated heterocycles. The predicted octanol–water partition coefficient (Wildman–Crippen LogP) is 2.54. The number of carbonyl (C=O) groups is 1. The molecule has 0 aliphatic rings. The van der Waals surface area contributed by atoms with Crippen molar-refractivity contribution in [3.05, 3.63) is 58.0 Å². The zero-order chi connectivity index (χ0) is 17.6. The average molecular weight is 328 g/mol. The summed E-state index contributed by atoms with van der Waals surface area (Å²) >= 11 is 0. The van der Waals surface area contributed by atoms with Gasteiger partial charge in [0.15, 0.2) is 18.2 Å². The van der Waals surface area contributed by atoms with E-state index in [1.807, 2.05) is 0 Å². The van der Waals surface area contributed by atoms with Crippen LogP contribution in [0.25, 0.3) is 21.7 Å². The fourth-order valence-electron chi connectivity index (χ4n) is 2.63. The Morgan fingerprint density at radius 2 is 1.92 bits per heavy atom. The first kappa shape index (κ1) is 16.1. The molecule has 0 unspecified atom stereocenters. The number of rotatable bonds is 2. The standard InChI is InChI=1S/C18H17FN2O3/c1-18(2,3)16(22)10-21-15-6-7-20(24)9-14(15)13-8-11(19)4-5-12(13)17(21)23/h4-9H,10H2,1-3H3. The monoisotopic (exact) mass is 328 g/mol. The molecule has 0 spiro atoms. The lowest BCUT2D eigenvalue weighted by Gasteiger charge is -2.19. The number of hydrogen-bond donors (Lipinski definition) is 0. The zero-order valence-electron chi connectivity index (χ0n) is 13.7. The van der Waals surface area contributed by atoms with Gasteiger partial charge in [0.05, 0.1) is 17.4 Å². The maximum atomic E-state index is 13.6. The van der Waals surface area contributed by atoms with Crippen LogP contribution in [-0.4, -0.2) is 10.4 Å². The van der Waals surface area contributed by atoms with Gasteiger partial charge in [0.2, 0.25) is 0 Å². The van der Waals surface area contributed by atoms with Gasteiger partial charge in [0, 0.05) is 22.3 Å². The molecule has 0 N–H and O–H groups in total. The average Bonchev–Trinajstić information content (AvgIpc) is 2.50. The summed E-state index contributed by atoms with van der Waals surface area (Å²) < 4.78 is 15.6. The quantitative estimate of drug-likeness (QED) is 0.412. The summed E-state index contributed by atoms with van der Waals surface area (Å²) in [6.07, 6.45) is 2.54. The number of aromatic nitrogens is 2. The molecule has 0 radical (unpaired) electrons. The summed E-state index contributed by atoms with van der Waals surface area (Å²) in [7, 11) is 0. The van der Waals surface area contributed by atoms with E-state index in [0.29, 0.717) is 21.0 Å². The number of carbonyl (C=O) groups excluding carboxylic acids is 1. The lowest BCUT2D eigenvalue weighted by molar-refractivity contribution is -0.603. The molecular weight excluding hydrogens is 311 g/mol. The molecule has 5 nitrogen and oxygen atoms in total. The van der Waals surface area contributed by atoms with Gasteiger partial charge >= 0.3 is 0 Å². The van der Waals surface area contributed by atoms with Crippen LogP contribution in [0.1, 0.15) is 20.8 Å². The zero-order valence-corrected chi connectivity index (χ0v) is 13.7. The van der Waals surface area contributed by atoms with E-state index in [-0.39, 0.29) is 23.3 Å². The molecule has 24 heavy (non-hydrogen) atoms. The smallest absolute Gasteiger partial charge is 0.259 e. The lowest BCUT2D eigenvalue weighted by atomic mass is 9.90. The first-order valence-corrected chi connectivity index (χ1v) is 7.56. The Balaban J connectivity index is 2.40. The van der Waals surface area contributed by atoms with E-state index in [1.54, 1.807) is 20.8 Å². The second kappa shape index (κ2) is 5.40. The third-order valence-electron chi connectivity index (χ3n) is 4.09. The molecule has 2 aromatic heterocycles. The molecule has 1 aromatic carbocycles. The van der Waals surface area contributed by atoms with Crippen LogP contribution in [0.15, 0.2) is 41.5 Å². The molecule has 0 aliphatic heterocycles. The van der Waals surface area contributed by atoms with Crippen molar-refractivity contribution >= 4 is 27.5 Å². The Labute approximate surface area is 137 Å². The number of fused-ring (bicyclic) bond motifs is 3. The highest BCUT2D eigenvalue weighted by Crippen LogP contribution is 2.23. The van der Waals surface area contributed by atoms with Crippen molar-refractivity contribution < 1.29 is 13.9 Å². The van der Waals surface area contributed by atoms with Crippen molar-refractivity contribution in [1.82, 2.24) is 4.57 Å². The molecule has 0 fully saturated rings. The van der Waals surface area contributed by atoms with Gasteiger partial charge < -0.3 is 5.21 Å². The number of halogens is 1. The van der Waals surface area contributed by atoms with E-state index in [1.165, 1.54) is 41.2 Å². The van der Waals surface area contributed by atoms with Gasteiger partial charge in [-0.15, -0.1) is 0 Å². The second-order valence-corrected chi connectivity index (χ2v) is 6.86. The van der Waals surface area contributed by atoms with Crippen LogP contribution in [0.3, 0.4) is 0 Å². The second-order valence-electron chi connectivity index (χ2n) is 6.86. The van der Waals surface area contributed by atoms with Gasteiger partial charge in [-0.05, 0) is 18.2 Å². The highest BCUT2D eigenvalue weighted by atomic mass is 19.1. The van der Waals surface area contributed by atoms with E-state index in [0.717, 1.165) is 0 Å². The van der Waals surface area contributed by atoms with Crippen LogP contribution < -0.4 is 10.3 Å². The Bertz CT molecular complexity index is 1030. The number of pyridine rings is 2. The van der Waals surface area contributed by atoms with Crippen molar-refractivity contribution in [2.75, 3.05) is 0 Å². The highest BCUT2D eigenvalue weighted by molar-refractivity contribution is 6.05. The fourth-order valence-corrected chi connectivity index (χ4v) is 2.63. The van der Waals surface area contributed by atoms with Crippen molar-refractivity contribution in [3.8, 4) is 0 Å². The van der Waals surface area contributed by atoms with E-state index in [4.69, 9.17) is 0 Å². The topological polar surface area (TPSA) is 66.0 Å². The Morgan fingerprint density at radius 3 is 2.58 bits per heavy atom. The normalized spacial score (nSPS) is 12.0. The predicted molar refractivity (Wildman–Crippen MR) is 89.1 cm³/mol. The maximum Gasteiger partial charge on any atom is 0.259 e. The number of nitrogens with zero attached hydrogens (tertiary/aromatic N) is 2. The largest absolute Gasteiger partial charge is 0.619 e. The molecule has 0 amide bonds. The van der Waals surface area contributed by atoms with Crippen LogP contribution in [-0.2, 0) is 11.3 Å². The van der Waals surface area contributed by atoms with E-state index in [2.05, 4.69) is 0 Å². The molecule has 6 heteroatoms. The van der Waals surface area contributed by atoms with E-state index < -0.39 is 11.2 Å². The summed E-state index contributed by atoms with van der Waals surface area (Å²) in [6.45, 7) is 5.24. The van der Waals surface area contributed by atoms with Gasteiger partial charge in [-0.2, -0.15) is 4.73 Å². The molecule has 2 heterocycles. The SMILES string of the molecule is CC(C)(C)C(=O)Cn1c(=O)c2ccc(F)cc2c2c[n+]([O-])ccc21. The summed E-state index contributed by atoms with van der Waals surface area (Å²) in [5.74, 6) is -0.598. The first-order chi connectivity index (χ1) is 11.2. The fraction of sp³-hybridized carbons (Fsp3) is 0.278. The number of hydrogen-bond acceptors (Lipinski definition) is 3. The summed E-state index contributed by atoms with van der Waals surface area (Å²) in [6, 6.07) is 5.28. The minimum Gasteiger partial charge on any atom is -0.619 e. The van der Waals surface area contributed by atoms with Gasteiger partial charge in [0.1, 0.15) is 5.82 Å². The minimum absolute atomic E-state index is 0.102. The third-order valence-corrected chi connectivity index (χ3v) is 4.09. The molecule has 0 bridgehead atoms.